The minimum absolute atomic E-state index is 0.0653. The lowest BCUT2D eigenvalue weighted by Gasteiger charge is -2.35. The summed E-state index contributed by atoms with van der Waals surface area (Å²) in [5.74, 6) is 0.398. The van der Waals surface area contributed by atoms with Crippen LogP contribution in [-0.4, -0.2) is 64.6 Å². The summed E-state index contributed by atoms with van der Waals surface area (Å²) in [6, 6.07) is 6.75. The molecule has 3 atom stereocenters. The number of esters is 1. The first-order chi connectivity index (χ1) is 22.7. The van der Waals surface area contributed by atoms with E-state index in [9.17, 15) is 24.3 Å². The Morgan fingerprint density at radius 1 is 1.15 bits per heavy atom. The molecular formula is C36H52N4O7S. The van der Waals surface area contributed by atoms with Gasteiger partial charge in [-0.05, 0) is 63.1 Å². The molecule has 264 valence electrons. The average molecular weight is 685 g/mol. The standard InChI is InChI=1S/C36H52N4O7S/c1-9-11-13-19-46-40(32(42)14-12-10-2)30(24(3)4)21-31(47-25(5)41)34-39-29(23-48-34)33(43)38-28(22-36(6,7)35(44)45)20-26-15-17-27(37-8)18-16-26/h1,15-18,23-24,28,30-31,37H,10-14,19-22H2,2-8H3,(H,38,43)(H,44,45). The van der Waals surface area contributed by atoms with Gasteiger partial charge in [0.1, 0.15) is 10.7 Å². The molecule has 0 bridgehead atoms. The van der Waals surface area contributed by atoms with Gasteiger partial charge in [-0.25, -0.2) is 10.0 Å². The molecule has 3 N–H and O–H groups in total. The second kappa shape index (κ2) is 19.8. The highest BCUT2D eigenvalue weighted by Crippen LogP contribution is 2.32. The monoisotopic (exact) mass is 684 g/mol. The summed E-state index contributed by atoms with van der Waals surface area (Å²) in [5.41, 5.74) is 0.907. The number of unbranched alkanes of at least 4 members (excludes halogenated alkanes) is 2. The number of hydroxylamine groups is 2. The fraction of sp³-hybridized carbons (Fsp3) is 0.583. The number of aromatic nitrogens is 1. The first-order valence-corrected chi connectivity index (χ1v) is 17.4. The molecule has 48 heavy (non-hydrogen) atoms. The molecule has 1 heterocycles. The minimum Gasteiger partial charge on any atom is -0.481 e. The van der Waals surface area contributed by atoms with Crippen molar-refractivity contribution in [2.24, 2.45) is 11.3 Å². The van der Waals surface area contributed by atoms with Gasteiger partial charge >= 0.3 is 11.9 Å². The normalized spacial score (nSPS) is 13.2. The molecule has 1 aromatic carbocycles. The number of rotatable bonds is 21. The van der Waals surface area contributed by atoms with Crippen LogP contribution in [0.15, 0.2) is 29.6 Å². The number of terminal acetylenes is 1. The predicted octanol–water partition coefficient (Wildman–Crippen LogP) is 6.41. The fourth-order valence-corrected chi connectivity index (χ4v) is 5.99. The van der Waals surface area contributed by atoms with Gasteiger partial charge in [-0.1, -0.05) is 39.3 Å². The number of benzene rings is 1. The number of aliphatic carboxylic acids is 1. The zero-order valence-corrected chi connectivity index (χ0v) is 30.2. The lowest BCUT2D eigenvalue weighted by Crippen LogP contribution is -2.44. The summed E-state index contributed by atoms with van der Waals surface area (Å²) in [6.07, 6.45) is 8.33. The van der Waals surface area contributed by atoms with E-state index < -0.39 is 41.4 Å². The quantitative estimate of drug-likeness (QED) is 0.0587. The smallest absolute Gasteiger partial charge is 0.309 e. The Kier molecular flexibility index (Phi) is 16.6. The molecule has 0 aliphatic heterocycles. The highest BCUT2D eigenvalue weighted by Gasteiger charge is 2.34. The molecule has 2 aromatic rings. The Labute approximate surface area is 289 Å². The van der Waals surface area contributed by atoms with Crippen molar-refractivity contribution in [3.63, 3.8) is 0 Å². The van der Waals surface area contributed by atoms with Crippen molar-refractivity contribution in [2.75, 3.05) is 19.0 Å². The zero-order chi connectivity index (χ0) is 35.9. The number of carbonyl (C=O) groups excluding carboxylic acids is 3. The Morgan fingerprint density at radius 3 is 2.40 bits per heavy atom. The summed E-state index contributed by atoms with van der Waals surface area (Å²) < 4.78 is 5.72. The molecule has 1 aromatic heterocycles. The first kappa shape index (κ1) is 40.2. The van der Waals surface area contributed by atoms with E-state index in [2.05, 4.69) is 21.5 Å². The highest BCUT2D eigenvalue weighted by molar-refractivity contribution is 7.09. The SMILES string of the molecule is C#CCCCON(C(=O)CCCC)C(CC(OC(C)=O)c1nc(C(=O)NC(Cc2ccc(NC)cc2)CC(C)(C)C(=O)O)cs1)C(C)C. The van der Waals surface area contributed by atoms with Gasteiger partial charge in [0.2, 0.25) is 5.91 Å². The van der Waals surface area contributed by atoms with Crippen LogP contribution in [0.4, 0.5) is 5.69 Å². The number of thiazole rings is 1. The number of hydrogen-bond acceptors (Lipinski definition) is 9. The maximum atomic E-state index is 13.5. The van der Waals surface area contributed by atoms with Crippen LogP contribution in [-0.2, 0) is 30.4 Å². The van der Waals surface area contributed by atoms with Gasteiger partial charge in [-0.15, -0.1) is 23.7 Å². The summed E-state index contributed by atoms with van der Waals surface area (Å²) in [6.45, 7) is 10.8. The third-order valence-corrected chi connectivity index (χ3v) is 8.88. The topological polar surface area (TPSA) is 147 Å². The third kappa shape index (κ3) is 12.9. The third-order valence-electron chi connectivity index (χ3n) is 7.95. The van der Waals surface area contributed by atoms with Gasteiger partial charge < -0.3 is 20.5 Å². The molecule has 0 fully saturated rings. The second-order valence-electron chi connectivity index (χ2n) is 12.9. The molecular weight excluding hydrogens is 632 g/mol. The van der Waals surface area contributed by atoms with Crippen molar-refractivity contribution < 1.29 is 33.9 Å². The number of carbonyl (C=O) groups is 4. The van der Waals surface area contributed by atoms with Crippen LogP contribution in [0.5, 0.6) is 0 Å². The maximum Gasteiger partial charge on any atom is 0.309 e. The van der Waals surface area contributed by atoms with Crippen molar-refractivity contribution in [3.05, 3.63) is 45.9 Å². The van der Waals surface area contributed by atoms with Gasteiger partial charge in [0, 0.05) is 50.3 Å². The predicted molar refractivity (Wildman–Crippen MR) is 187 cm³/mol. The number of carboxylic acid groups (broad SMARTS) is 1. The first-order valence-electron chi connectivity index (χ1n) is 16.5. The zero-order valence-electron chi connectivity index (χ0n) is 29.3. The van der Waals surface area contributed by atoms with Crippen molar-refractivity contribution >= 4 is 40.8 Å². The van der Waals surface area contributed by atoms with Crippen LogP contribution in [0.1, 0.15) is 114 Å². The summed E-state index contributed by atoms with van der Waals surface area (Å²) in [7, 11) is 1.82. The molecule has 0 spiro atoms. The van der Waals surface area contributed by atoms with E-state index in [0.29, 0.717) is 37.1 Å². The van der Waals surface area contributed by atoms with Gasteiger partial charge in [-0.3, -0.25) is 24.0 Å². The number of ether oxygens (including phenoxy) is 1. The van der Waals surface area contributed by atoms with Crippen molar-refractivity contribution in [2.45, 2.75) is 111 Å². The van der Waals surface area contributed by atoms with Crippen molar-refractivity contribution in [1.29, 1.82) is 0 Å². The molecule has 12 heteroatoms. The van der Waals surface area contributed by atoms with E-state index in [-0.39, 0.29) is 37.0 Å². The van der Waals surface area contributed by atoms with Gasteiger partial charge in [0.25, 0.3) is 5.91 Å². The molecule has 0 saturated heterocycles. The molecule has 2 amide bonds. The lowest BCUT2D eigenvalue weighted by atomic mass is 9.84. The number of amides is 2. The van der Waals surface area contributed by atoms with E-state index in [1.165, 1.54) is 23.3 Å². The summed E-state index contributed by atoms with van der Waals surface area (Å²) >= 11 is 1.18. The lowest BCUT2D eigenvalue weighted by molar-refractivity contribution is -0.210. The second-order valence-corrected chi connectivity index (χ2v) is 13.8. The van der Waals surface area contributed by atoms with E-state index in [1.54, 1.807) is 19.2 Å². The molecule has 0 saturated carbocycles. The van der Waals surface area contributed by atoms with Gasteiger partial charge in [-0.2, -0.15) is 0 Å². The van der Waals surface area contributed by atoms with E-state index in [0.717, 1.165) is 17.7 Å². The number of nitrogens with one attached hydrogen (secondary N) is 2. The van der Waals surface area contributed by atoms with Crippen LogP contribution in [0.3, 0.4) is 0 Å². The number of anilines is 1. The Hall–Kier alpha value is -3.95. The van der Waals surface area contributed by atoms with Crippen molar-refractivity contribution in [1.82, 2.24) is 15.4 Å². The number of nitrogens with zero attached hydrogens (tertiary/aromatic N) is 2. The fourth-order valence-electron chi connectivity index (χ4n) is 5.15. The summed E-state index contributed by atoms with van der Waals surface area (Å²) in [5, 5.41) is 19.3. The minimum atomic E-state index is -1.09. The Morgan fingerprint density at radius 2 is 1.83 bits per heavy atom. The van der Waals surface area contributed by atoms with Crippen LogP contribution in [0.25, 0.3) is 0 Å². The van der Waals surface area contributed by atoms with Crippen molar-refractivity contribution in [3.8, 4) is 12.3 Å². The molecule has 3 unspecified atom stereocenters. The molecule has 11 nitrogen and oxygen atoms in total. The van der Waals surface area contributed by atoms with Gasteiger partial charge in [0.15, 0.2) is 6.10 Å². The number of carboxylic acids is 1. The van der Waals surface area contributed by atoms with E-state index >= 15 is 0 Å². The largest absolute Gasteiger partial charge is 0.481 e. The van der Waals surface area contributed by atoms with Crippen LogP contribution < -0.4 is 10.6 Å². The van der Waals surface area contributed by atoms with E-state index in [4.69, 9.17) is 16.0 Å². The van der Waals surface area contributed by atoms with Gasteiger partial charge in [0.05, 0.1) is 18.1 Å². The van der Waals surface area contributed by atoms with Crippen LogP contribution in [0, 0.1) is 23.7 Å². The van der Waals surface area contributed by atoms with E-state index in [1.807, 2.05) is 52.1 Å². The Bertz CT molecular complexity index is 1380. The van der Waals surface area contributed by atoms with Crippen LogP contribution in [0.2, 0.25) is 0 Å². The average Bonchev–Trinajstić information content (AvgIpc) is 3.53. The molecule has 2 rings (SSSR count). The Balaban J connectivity index is 2.34. The molecule has 0 aliphatic rings. The highest BCUT2D eigenvalue weighted by atomic mass is 32.1. The maximum absolute atomic E-state index is 13.5. The summed E-state index contributed by atoms with van der Waals surface area (Å²) in [4.78, 5) is 61.6. The molecule has 0 radical (unpaired) electrons. The molecule has 0 aliphatic carbocycles. The van der Waals surface area contributed by atoms with Crippen LogP contribution >= 0.6 is 11.3 Å². The number of hydrogen-bond donors (Lipinski definition) is 3.